The van der Waals surface area contributed by atoms with Crippen molar-refractivity contribution in [3.8, 4) is 0 Å². The van der Waals surface area contributed by atoms with Crippen LogP contribution in [0.15, 0.2) is 63.9 Å². The second kappa shape index (κ2) is 9.65. The van der Waals surface area contributed by atoms with E-state index in [1.807, 2.05) is 4.90 Å². The van der Waals surface area contributed by atoms with Crippen molar-refractivity contribution in [3.05, 3.63) is 86.3 Å². The van der Waals surface area contributed by atoms with Gasteiger partial charge in [0.2, 0.25) is 0 Å². The van der Waals surface area contributed by atoms with Crippen LogP contribution in [-0.2, 0) is 15.6 Å². The molecule has 1 saturated heterocycles. The van der Waals surface area contributed by atoms with Crippen molar-refractivity contribution < 1.29 is 22.6 Å². The minimum absolute atomic E-state index is 0.0150. The number of carbonyl (C=O) groups is 1. The molecule has 178 valence electrons. The number of carbonyl (C=O) groups excluding carboxylic acids is 1. The number of benzene rings is 2. The van der Waals surface area contributed by atoms with Crippen molar-refractivity contribution in [1.82, 2.24) is 4.90 Å². The van der Waals surface area contributed by atoms with Crippen molar-refractivity contribution in [1.29, 1.82) is 0 Å². The molecule has 1 aromatic heterocycles. The van der Waals surface area contributed by atoms with Crippen molar-refractivity contribution in [2.24, 2.45) is 0 Å². The lowest BCUT2D eigenvalue weighted by molar-refractivity contribution is -0.384. The molecule has 0 saturated carbocycles. The fourth-order valence-electron chi connectivity index (χ4n) is 3.72. The van der Waals surface area contributed by atoms with Gasteiger partial charge in [-0.05, 0) is 36.4 Å². The zero-order chi connectivity index (χ0) is 24.5. The molecule has 1 aliphatic rings. The van der Waals surface area contributed by atoms with E-state index in [1.165, 1.54) is 36.4 Å². The van der Waals surface area contributed by atoms with Gasteiger partial charge >= 0.3 is 0 Å². The molecule has 0 bridgehead atoms. The molecule has 0 unspecified atom stereocenters. The average Bonchev–Trinajstić information content (AvgIpc) is 3.26. The average molecular weight is 524 g/mol. The van der Waals surface area contributed by atoms with Crippen molar-refractivity contribution in [2.45, 2.75) is 10.6 Å². The van der Waals surface area contributed by atoms with Crippen LogP contribution in [-0.4, -0.2) is 50.3 Å². The van der Waals surface area contributed by atoms with E-state index in [9.17, 15) is 23.3 Å². The Morgan fingerprint density at radius 1 is 0.971 bits per heavy atom. The van der Waals surface area contributed by atoms with E-state index < -0.39 is 20.5 Å². The van der Waals surface area contributed by atoms with Crippen LogP contribution in [0.2, 0.25) is 10.0 Å². The molecule has 0 N–H and O–H groups in total. The maximum Gasteiger partial charge on any atom is 0.289 e. The third-order valence-corrected chi connectivity index (χ3v) is 8.01. The van der Waals surface area contributed by atoms with Crippen LogP contribution in [0.3, 0.4) is 0 Å². The molecule has 12 heteroatoms. The molecule has 1 amide bonds. The fourth-order valence-corrected chi connectivity index (χ4v) is 6.23. The minimum Gasteiger partial charge on any atom is -0.455 e. The standard InChI is InChI=1S/C22H19Cl2N3O6S/c23-18-2-1-3-19(24)21(18)34(31,32)14-17-8-9-20(33-17)22(28)26-12-10-25(11-13-26)15-4-6-16(7-5-15)27(29)30/h1-9H,10-14H2. The summed E-state index contributed by atoms with van der Waals surface area (Å²) in [6.45, 7) is 1.91. The molecular weight excluding hydrogens is 505 g/mol. The van der Waals surface area contributed by atoms with E-state index >= 15 is 0 Å². The Labute approximate surface area is 205 Å². The Kier molecular flexibility index (Phi) is 6.83. The number of nitro benzene ring substituents is 1. The number of halogens is 2. The highest BCUT2D eigenvalue weighted by Crippen LogP contribution is 2.32. The van der Waals surface area contributed by atoms with E-state index in [0.29, 0.717) is 26.2 Å². The summed E-state index contributed by atoms with van der Waals surface area (Å²) in [4.78, 5) is 26.7. The van der Waals surface area contributed by atoms with Crippen LogP contribution in [0.5, 0.6) is 0 Å². The van der Waals surface area contributed by atoms with E-state index in [2.05, 4.69) is 0 Å². The summed E-state index contributed by atoms with van der Waals surface area (Å²) in [5.41, 5.74) is 0.853. The van der Waals surface area contributed by atoms with Gasteiger partial charge in [-0.1, -0.05) is 29.3 Å². The first-order chi connectivity index (χ1) is 16.2. The molecule has 4 rings (SSSR count). The van der Waals surface area contributed by atoms with Gasteiger partial charge in [0.25, 0.3) is 11.6 Å². The third kappa shape index (κ3) is 5.03. The predicted octanol–water partition coefficient (Wildman–Crippen LogP) is 4.43. The topological polar surface area (TPSA) is 114 Å². The van der Waals surface area contributed by atoms with Crippen molar-refractivity contribution in [3.63, 3.8) is 0 Å². The summed E-state index contributed by atoms with van der Waals surface area (Å²) in [6, 6.07) is 13.6. The Morgan fingerprint density at radius 3 is 2.18 bits per heavy atom. The summed E-state index contributed by atoms with van der Waals surface area (Å²) in [5, 5.41) is 10.8. The quantitative estimate of drug-likeness (QED) is 0.346. The van der Waals surface area contributed by atoms with Gasteiger partial charge in [0.15, 0.2) is 15.6 Å². The number of hydrogen-bond donors (Lipinski definition) is 0. The second-order valence-electron chi connectivity index (χ2n) is 7.63. The predicted molar refractivity (Wildman–Crippen MR) is 127 cm³/mol. The summed E-state index contributed by atoms with van der Waals surface area (Å²) in [7, 11) is -3.89. The first kappa shape index (κ1) is 24.1. The number of anilines is 1. The molecule has 34 heavy (non-hydrogen) atoms. The number of furan rings is 1. The molecule has 1 fully saturated rings. The number of piperazine rings is 1. The lowest BCUT2D eigenvalue weighted by Gasteiger charge is -2.35. The highest BCUT2D eigenvalue weighted by atomic mass is 35.5. The molecule has 2 heterocycles. The number of nitrogens with zero attached hydrogens (tertiary/aromatic N) is 3. The van der Waals surface area contributed by atoms with Gasteiger partial charge in [0, 0.05) is 44.0 Å². The van der Waals surface area contributed by atoms with Gasteiger partial charge in [0.05, 0.1) is 15.0 Å². The first-order valence-electron chi connectivity index (χ1n) is 10.2. The Balaban J connectivity index is 1.40. The van der Waals surface area contributed by atoms with Crippen LogP contribution >= 0.6 is 23.2 Å². The van der Waals surface area contributed by atoms with E-state index in [4.69, 9.17) is 27.6 Å². The molecular formula is C22H19Cl2N3O6S. The zero-order valence-electron chi connectivity index (χ0n) is 17.7. The summed E-state index contributed by atoms with van der Waals surface area (Å²) in [5.74, 6) is -0.691. The molecule has 1 aliphatic heterocycles. The van der Waals surface area contributed by atoms with Gasteiger partial charge in [-0.15, -0.1) is 0 Å². The lowest BCUT2D eigenvalue weighted by atomic mass is 10.2. The molecule has 9 nitrogen and oxygen atoms in total. The summed E-state index contributed by atoms with van der Waals surface area (Å²) in [6.07, 6.45) is 0. The highest BCUT2D eigenvalue weighted by Gasteiger charge is 2.27. The zero-order valence-corrected chi connectivity index (χ0v) is 20.0. The number of nitro groups is 1. The van der Waals surface area contributed by atoms with Crippen LogP contribution in [0.4, 0.5) is 11.4 Å². The maximum atomic E-state index is 12.9. The Morgan fingerprint density at radius 2 is 1.59 bits per heavy atom. The third-order valence-electron chi connectivity index (χ3n) is 5.43. The molecule has 2 aromatic carbocycles. The van der Waals surface area contributed by atoms with Gasteiger partial charge in [-0.25, -0.2) is 8.42 Å². The normalized spacial score (nSPS) is 14.3. The molecule has 0 radical (unpaired) electrons. The van der Waals surface area contributed by atoms with Gasteiger partial charge < -0.3 is 14.2 Å². The summed E-state index contributed by atoms with van der Waals surface area (Å²) >= 11 is 12.1. The van der Waals surface area contributed by atoms with Crippen LogP contribution < -0.4 is 4.90 Å². The van der Waals surface area contributed by atoms with Gasteiger partial charge in [-0.3, -0.25) is 14.9 Å². The molecule has 0 aliphatic carbocycles. The monoisotopic (exact) mass is 523 g/mol. The SMILES string of the molecule is O=C(c1ccc(CS(=O)(=O)c2c(Cl)cccc2Cl)o1)N1CCN(c2ccc([N+](=O)[O-])cc2)CC1. The number of hydrogen-bond acceptors (Lipinski definition) is 7. The fraction of sp³-hybridized carbons (Fsp3) is 0.227. The first-order valence-corrected chi connectivity index (χ1v) is 12.6. The number of sulfone groups is 1. The van der Waals surface area contributed by atoms with E-state index in [1.54, 1.807) is 23.1 Å². The second-order valence-corrected chi connectivity index (χ2v) is 10.4. The minimum atomic E-state index is -3.89. The van der Waals surface area contributed by atoms with Crippen molar-refractivity contribution >= 4 is 50.3 Å². The van der Waals surface area contributed by atoms with E-state index in [-0.39, 0.29) is 38.1 Å². The van der Waals surface area contributed by atoms with Crippen LogP contribution in [0.1, 0.15) is 16.3 Å². The number of rotatable bonds is 6. The smallest absolute Gasteiger partial charge is 0.289 e. The number of non-ortho nitro benzene ring substituents is 1. The van der Waals surface area contributed by atoms with Gasteiger partial charge in [0.1, 0.15) is 16.4 Å². The highest BCUT2D eigenvalue weighted by molar-refractivity contribution is 7.90. The maximum absolute atomic E-state index is 12.9. The molecule has 3 aromatic rings. The number of amides is 1. The van der Waals surface area contributed by atoms with Crippen LogP contribution in [0.25, 0.3) is 0 Å². The Bertz CT molecular complexity index is 1310. The van der Waals surface area contributed by atoms with Crippen molar-refractivity contribution in [2.75, 3.05) is 31.1 Å². The molecule has 0 atom stereocenters. The van der Waals surface area contributed by atoms with Gasteiger partial charge in [-0.2, -0.15) is 0 Å². The Hall–Kier alpha value is -3.08. The van der Waals surface area contributed by atoms with E-state index in [0.717, 1.165) is 5.69 Å². The summed E-state index contributed by atoms with van der Waals surface area (Å²) < 4.78 is 31.1. The van der Waals surface area contributed by atoms with Crippen LogP contribution in [0, 0.1) is 10.1 Å². The molecule has 0 spiro atoms. The lowest BCUT2D eigenvalue weighted by Crippen LogP contribution is -2.48. The largest absolute Gasteiger partial charge is 0.455 e.